The third-order valence-electron chi connectivity index (χ3n) is 12.6. The molecular weight excluding hydrogens is 1000 g/mol. The first kappa shape index (κ1) is 62.9. The Hall–Kier alpha value is -7.67. The van der Waals surface area contributed by atoms with E-state index in [4.69, 9.17) is 48.6 Å². The molecule has 4 aromatic carbocycles. The predicted octanol–water partition coefficient (Wildman–Crippen LogP) is 3.16. The van der Waals surface area contributed by atoms with Gasteiger partial charge < -0.3 is 85.8 Å². The molecule has 4 unspecified atom stereocenters. The molecule has 4 atom stereocenters. The molecule has 0 saturated carbocycles. The van der Waals surface area contributed by atoms with Gasteiger partial charge in [-0.15, -0.1) is 0 Å². The minimum absolute atomic E-state index is 0.00263. The molecule has 4 aromatic rings. The second-order valence-electron chi connectivity index (χ2n) is 18.5. The number of methoxy groups -OCH3 is 3. The van der Waals surface area contributed by atoms with E-state index in [0.717, 1.165) is 12.8 Å². The Balaban J connectivity index is 1.48. The summed E-state index contributed by atoms with van der Waals surface area (Å²) in [5.41, 5.74) is 36.7. The monoisotopic (exact) mass is 1080 g/mol. The van der Waals surface area contributed by atoms with E-state index in [1.165, 1.54) is 63.8 Å². The maximum Gasteiger partial charge on any atom is 0.255 e. The van der Waals surface area contributed by atoms with Crippen LogP contribution in [0.25, 0.3) is 0 Å². The summed E-state index contributed by atoms with van der Waals surface area (Å²) in [5, 5.41) is 20.2. The highest BCUT2D eigenvalue weighted by molar-refractivity contribution is 6.06. The average Bonchev–Trinajstić information content (AvgIpc) is 3.43. The second-order valence-corrected chi connectivity index (χ2v) is 18.5. The van der Waals surface area contributed by atoms with E-state index in [0.29, 0.717) is 100 Å². The van der Waals surface area contributed by atoms with Crippen molar-refractivity contribution in [1.29, 1.82) is 0 Å². The quantitative estimate of drug-likeness (QED) is 0.0294. The lowest BCUT2D eigenvalue weighted by Gasteiger charge is -2.21. The molecule has 0 fully saturated rings. The van der Waals surface area contributed by atoms with Crippen molar-refractivity contribution >= 4 is 64.1 Å². The van der Waals surface area contributed by atoms with Gasteiger partial charge in [-0.3, -0.25) is 33.6 Å². The van der Waals surface area contributed by atoms with Gasteiger partial charge in [-0.2, -0.15) is 0 Å². The van der Waals surface area contributed by atoms with Crippen LogP contribution in [0, 0.1) is 0 Å². The van der Waals surface area contributed by atoms with Crippen LogP contribution in [-0.2, 0) is 25.7 Å². The van der Waals surface area contributed by atoms with E-state index >= 15 is 0 Å². The Labute approximate surface area is 455 Å². The maximum absolute atomic E-state index is 14.0. The number of hydrogen-bond donors (Lipinski definition) is 13. The van der Waals surface area contributed by atoms with E-state index in [1.807, 2.05) is 0 Å². The predicted molar refractivity (Wildman–Crippen MR) is 301 cm³/mol. The lowest BCUT2D eigenvalue weighted by Crippen LogP contribution is -2.44. The van der Waals surface area contributed by atoms with Gasteiger partial charge in [0.15, 0.2) is 0 Å². The van der Waals surface area contributed by atoms with Gasteiger partial charge in [-0.05, 0) is 163 Å². The van der Waals surface area contributed by atoms with Crippen LogP contribution in [0.15, 0.2) is 78.9 Å². The molecular formula is C55H79N13O10. The maximum atomic E-state index is 14.0. The van der Waals surface area contributed by atoms with Crippen molar-refractivity contribution in [3.05, 3.63) is 101 Å². The molecule has 0 aliphatic rings. The van der Waals surface area contributed by atoms with Crippen LogP contribution in [0.4, 0.5) is 22.7 Å². The molecule has 0 aliphatic carbocycles. The Kier molecular flexibility index (Phi) is 27.0. The van der Waals surface area contributed by atoms with Crippen molar-refractivity contribution in [2.45, 2.75) is 108 Å². The molecule has 19 N–H and O–H groups in total. The Morgan fingerprint density at radius 1 is 0.462 bits per heavy atom. The number of carbonyl (C=O) groups is 7. The number of unbranched alkanes of at least 4 members (excludes halogenated alkanes) is 4. The van der Waals surface area contributed by atoms with Crippen molar-refractivity contribution in [2.75, 3.05) is 68.8 Å². The van der Waals surface area contributed by atoms with Crippen molar-refractivity contribution in [3.8, 4) is 17.2 Å². The van der Waals surface area contributed by atoms with Crippen LogP contribution in [0.5, 0.6) is 17.2 Å². The Morgan fingerprint density at radius 2 is 0.885 bits per heavy atom. The molecule has 0 spiro atoms. The number of hydrogen-bond acceptors (Lipinski definition) is 16. The molecule has 0 aromatic heterocycles. The largest absolute Gasteiger partial charge is 0.496 e. The van der Waals surface area contributed by atoms with Gasteiger partial charge in [0.1, 0.15) is 29.3 Å². The summed E-state index contributed by atoms with van der Waals surface area (Å²) in [7, 11) is 4.27. The van der Waals surface area contributed by atoms with Crippen molar-refractivity contribution in [3.63, 3.8) is 0 Å². The number of nitrogens with two attached hydrogens (primary N) is 6. The van der Waals surface area contributed by atoms with Gasteiger partial charge in [-0.25, -0.2) is 0 Å². The summed E-state index contributed by atoms with van der Waals surface area (Å²) < 4.78 is 16.3. The molecule has 7 amide bonds. The molecule has 0 saturated heterocycles. The van der Waals surface area contributed by atoms with Crippen LogP contribution in [0.1, 0.15) is 114 Å². The second kappa shape index (κ2) is 33.5. The summed E-state index contributed by atoms with van der Waals surface area (Å²) in [6.45, 7) is 1.87. The van der Waals surface area contributed by atoms with Gasteiger partial charge in [0.25, 0.3) is 17.7 Å². The van der Waals surface area contributed by atoms with Gasteiger partial charge >= 0.3 is 0 Å². The number of amides is 7. The van der Waals surface area contributed by atoms with E-state index in [9.17, 15) is 33.6 Å². The van der Waals surface area contributed by atoms with Crippen LogP contribution < -0.4 is 85.8 Å². The molecule has 0 heterocycles. The smallest absolute Gasteiger partial charge is 0.255 e. The van der Waals surface area contributed by atoms with E-state index < -0.39 is 53.7 Å². The van der Waals surface area contributed by atoms with Crippen molar-refractivity contribution < 1.29 is 47.8 Å². The summed E-state index contributed by atoms with van der Waals surface area (Å²) in [5.74, 6) is -3.01. The first-order chi connectivity index (χ1) is 37.6. The fourth-order valence-corrected chi connectivity index (χ4v) is 8.29. The van der Waals surface area contributed by atoms with Gasteiger partial charge in [0.2, 0.25) is 23.6 Å². The molecule has 0 aliphatic heterocycles. The number of ether oxygens (including phenoxy) is 3. The zero-order valence-corrected chi connectivity index (χ0v) is 44.9. The molecule has 4 rings (SSSR count). The fraction of sp³-hybridized carbons (Fsp3) is 0.436. The van der Waals surface area contributed by atoms with Crippen LogP contribution in [0.3, 0.4) is 0 Å². The Bertz CT molecular complexity index is 2640. The van der Waals surface area contributed by atoms with Crippen LogP contribution >= 0.6 is 0 Å². The lowest BCUT2D eigenvalue weighted by molar-refractivity contribution is -0.119. The van der Waals surface area contributed by atoms with E-state index in [1.54, 1.807) is 36.4 Å². The molecule has 424 valence electrons. The van der Waals surface area contributed by atoms with Crippen molar-refractivity contribution in [1.82, 2.24) is 16.0 Å². The van der Waals surface area contributed by atoms with Crippen LogP contribution in [0.2, 0.25) is 0 Å². The minimum Gasteiger partial charge on any atom is -0.496 e. The van der Waals surface area contributed by atoms with Gasteiger partial charge in [0, 0.05) is 40.4 Å². The normalized spacial score (nSPS) is 12.5. The highest BCUT2D eigenvalue weighted by Crippen LogP contribution is 2.27. The number of benzene rings is 4. The van der Waals surface area contributed by atoms with Crippen molar-refractivity contribution in [2.24, 2.45) is 34.4 Å². The first-order valence-corrected chi connectivity index (χ1v) is 26.2. The Morgan fingerprint density at radius 3 is 1.40 bits per heavy atom. The van der Waals surface area contributed by atoms with E-state index in [-0.39, 0.29) is 70.8 Å². The number of carbonyl (C=O) groups excluding carboxylic acids is 7. The number of nitrogens with one attached hydrogen (secondary N) is 7. The molecule has 0 bridgehead atoms. The third-order valence-corrected chi connectivity index (χ3v) is 12.6. The number of rotatable bonds is 35. The number of anilines is 4. The van der Waals surface area contributed by atoms with Crippen LogP contribution in [-0.4, -0.2) is 113 Å². The summed E-state index contributed by atoms with van der Waals surface area (Å²) in [6.07, 6.45) is 6.28. The topological polar surface area (TPSA) is 388 Å². The molecule has 23 nitrogen and oxygen atoms in total. The minimum atomic E-state index is -1.07. The highest BCUT2D eigenvalue weighted by Gasteiger charge is 2.27. The van der Waals surface area contributed by atoms with Gasteiger partial charge in [-0.1, -0.05) is 18.9 Å². The summed E-state index contributed by atoms with van der Waals surface area (Å²) in [4.78, 5) is 94.5. The van der Waals surface area contributed by atoms with Gasteiger partial charge in [0.05, 0.1) is 44.5 Å². The van der Waals surface area contributed by atoms with E-state index in [2.05, 4.69) is 37.2 Å². The lowest BCUT2D eigenvalue weighted by atomic mass is 10.1. The molecule has 78 heavy (non-hydrogen) atoms. The SMILES string of the molecule is COc1ccc(NC(=O)C(N)CCCCN)cc1CNC(CCCCN)C(=O)Nc1cccc(C(=O)NC(CCCCN)C(=O)Nc2ccc(OC)c(C(=O)NC(CCCCN)C(=O)Nc3ccc(OC)c(C(N)=O)c3)c2)c1. The zero-order valence-electron chi connectivity index (χ0n) is 44.9. The first-order valence-electron chi connectivity index (χ1n) is 26.2. The summed E-state index contributed by atoms with van der Waals surface area (Å²) >= 11 is 0. The molecule has 23 heteroatoms. The average molecular weight is 1080 g/mol. The zero-order chi connectivity index (χ0) is 57.0. The molecule has 0 radical (unpaired) electrons. The number of primary amides is 1. The third kappa shape index (κ3) is 20.0. The summed E-state index contributed by atoms with van der Waals surface area (Å²) in [6, 6.07) is 16.7. The standard InChI is InChI=1S/C55H79N13O10/c1-76-46-22-19-37(63-52(72)42(60)15-4-8-25-56)30-35(46)33-62-43(16-5-9-26-57)53(73)64-36-14-12-13-34(29-36)50(70)67-44(17-6-10-27-58)54(74)66-39-21-24-48(78-3)41(32-39)51(71)68-45(18-7-11-28-59)55(75)65-38-20-23-47(77-2)40(31-38)49(61)69/h12-14,19-24,29-32,42-45,62H,4-11,15-18,25-28,33,56-60H2,1-3H3,(H2,61,69)(H,63,72)(H,64,73)(H,65,75)(H,66,74)(H,67,70)(H,68,71). The highest BCUT2D eigenvalue weighted by atomic mass is 16.5. The fourth-order valence-electron chi connectivity index (χ4n) is 8.29.